The third-order valence-corrected chi connectivity index (χ3v) is 4.79. The fourth-order valence-electron chi connectivity index (χ4n) is 2.27. The lowest BCUT2D eigenvalue weighted by molar-refractivity contribution is -0.258. The molecule has 8 nitrogen and oxygen atoms in total. The summed E-state index contributed by atoms with van der Waals surface area (Å²) in [4.78, 5) is 0. The molecule has 0 aromatic rings. The minimum Gasteiger partial charge on any atom is -0.385 e. The van der Waals surface area contributed by atoms with Crippen molar-refractivity contribution >= 4 is 7.60 Å². The summed E-state index contributed by atoms with van der Waals surface area (Å²) in [6.45, 7) is 7.35. The van der Waals surface area contributed by atoms with Crippen molar-refractivity contribution in [3.63, 3.8) is 0 Å². The lowest BCUT2D eigenvalue weighted by Crippen LogP contribution is -2.36. The maximum atomic E-state index is 12.3. The Morgan fingerprint density at radius 2 is 1.81 bits per heavy atom. The largest absolute Gasteiger partial charge is 0.385 e. The van der Waals surface area contributed by atoms with Crippen LogP contribution in [0.3, 0.4) is 0 Å². The molecule has 9 heteroatoms. The molecule has 0 aromatic carbocycles. The van der Waals surface area contributed by atoms with Crippen LogP contribution in [-0.2, 0) is 32.6 Å². The number of aliphatic hydroxyl groups excluding tert-OH is 1. The van der Waals surface area contributed by atoms with Crippen LogP contribution in [0, 0.1) is 0 Å². The highest BCUT2D eigenvalue weighted by Gasteiger charge is 2.55. The first-order valence-electron chi connectivity index (χ1n) is 6.99. The minimum absolute atomic E-state index is 0.236. The van der Waals surface area contributed by atoms with Crippen LogP contribution in [0.25, 0.3) is 0 Å². The van der Waals surface area contributed by atoms with E-state index in [1.54, 1.807) is 27.7 Å². The Kier molecular flexibility index (Phi) is 5.44. The molecule has 21 heavy (non-hydrogen) atoms. The van der Waals surface area contributed by atoms with Crippen molar-refractivity contribution in [2.75, 3.05) is 19.6 Å². The second-order valence-corrected chi connectivity index (χ2v) is 7.20. The summed E-state index contributed by atoms with van der Waals surface area (Å²) in [5, 5.41) is 10.1. The molecule has 2 fully saturated rings. The Labute approximate surface area is 124 Å². The summed E-state index contributed by atoms with van der Waals surface area (Å²) >= 11 is 0. The lowest BCUT2D eigenvalue weighted by Gasteiger charge is -2.24. The molecule has 1 unspecified atom stereocenters. The normalized spacial score (nSPS) is 35.1. The molecule has 2 aliphatic rings. The molecule has 0 radical (unpaired) electrons. The highest BCUT2D eigenvalue weighted by Crippen LogP contribution is 2.49. The number of hydrogen-bond acceptors (Lipinski definition) is 8. The van der Waals surface area contributed by atoms with Crippen LogP contribution in [0.2, 0.25) is 0 Å². The van der Waals surface area contributed by atoms with Crippen molar-refractivity contribution < 1.29 is 37.7 Å². The van der Waals surface area contributed by atoms with E-state index in [-0.39, 0.29) is 19.6 Å². The number of ether oxygens (including phenoxy) is 4. The highest BCUT2D eigenvalue weighted by atomic mass is 31.2. The van der Waals surface area contributed by atoms with Crippen LogP contribution in [0.1, 0.15) is 27.7 Å². The van der Waals surface area contributed by atoms with Gasteiger partial charge in [-0.1, -0.05) is 0 Å². The van der Waals surface area contributed by atoms with Crippen LogP contribution < -0.4 is 0 Å². The van der Waals surface area contributed by atoms with Gasteiger partial charge in [-0.15, -0.1) is 0 Å². The topological polar surface area (TPSA) is 92.7 Å². The van der Waals surface area contributed by atoms with Gasteiger partial charge in [0.25, 0.3) is 0 Å². The third-order valence-electron chi connectivity index (χ3n) is 3.02. The van der Waals surface area contributed by atoms with E-state index in [9.17, 15) is 9.67 Å². The third kappa shape index (κ3) is 4.03. The summed E-state index contributed by atoms with van der Waals surface area (Å²) in [5.41, 5.74) is 0. The molecule has 124 valence electrons. The number of fused-ring (bicyclic) bond motifs is 1. The van der Waals surface area contributed by atoms with Gasteiger partial charge in [0, 0.05) is 0 Å². The maximum Gasteiger partial charge on any atom is 0.356 e. The van der Waals surface area contributed by atoms with Gasteiger partial charge in [0.2, 0.25) is 0 Å². The zero-order valence-electron chi connectivity index (χ0n) is 12.7. The van der Waals surface area contributed by atoms with Crippen molar-refractivity contribution in [3.05, 3.63) is 0 Å². The van der Waals surface area contributed by atoms with Gasteiger partial charge in [-0.2, -0.15) is 0 Å². The Morgan fingerprint density at radius 1 is 1.19 bits per heavy atom. The summed E-state index contributed by atoms with van der Waals surface area (Å²) in [6, 6.07) is 0. The van der Waals surface area contributed by atoms with Gasteiger partial charge in [-0.3, -0.25) is 4.57 Å². The Balaban J connectivity index is 1.89. The fraction of sp³-hybridized carbons (Fsp3) is 1.00. The molecule has 2 saturated heterocycles. The van der Waals surface area contributed by atoms with Crippen LogP contribution in [0.5, 0.6) is 0 Å². The predicted molar refractivity (Wildman–Crippen MR) is 71.5 cm³/mol. The lowest BCUT2D eigenvalue weighted by atomic mass is 10.2. The molecule has 0 aliphatic carbocycles. The average molecular weight is 326 g/mol. The van der Waals surface area contributed by atoms with Crippen LogP contribution >= 0.6 is 7.60 Å². The van der Waals surface area contributed by atoms with Gasteiger partial charge < -0.3 is 33.1 Å². The first-order valence-corrected chi connectivity index (χ1v) is 8.72. The first kappa shape index (κ1) is 17.3. The monoisotopic (exact) mass is 326 g/mol. The summed E-state index contributed by atoms with van der Waals surface area (Å²) in [6.07, 6.45) is -3.68. The maximum absolute atomic E-state index is 12.3. The molecule has 2 aliphatic heterocycles. The standard InChI is InChI=1S/C12H23O8P/c1-5-16-21(14,17-6-2)7-15-10-8(13)9-11(18-10)20-12(3,4)19-9/h8-11,13H,5-7H2,1-4H3/t8-,9?,10+,11+/m1/s1. The van der Waals surface area contributed by atoms with E-state index < -0.39 is 38.2 Å². The van der Waals surface area contributed by atoms with Crippen LogP contribution in [0.15, 0.2) is 0 Å². The van der Waals surface area contributed by atoms with Gasteiger partial charge >= 0.3 is 7.60 Å². The minimum atomic E-state index is -3.35. The molecule has 2 rings (SSSR count). The molecular weight excluding hydrogens is 303 g/mol. The van der Waals surface area contributed by atoms with Crippen molar-refractivity contribution in [1.82, 2.24) is 0 Å². The van der Waals surface area contributed by atoms with E-state index in [4.69, 9.17) is 28.0 Å². The zero-order chi connectivity index (χ0) is 15.7. The second-order valence-electron chi connectivity index (χ2n) is 5.21. The van der Waals surface area contributed by atoms with Crippen molar-refractivity contribution in [2.24, 2.45) is 0 Å². The van der Waals surface area contributed by atoms with Crippen molar-refractivity contribution in [2.45, 2.75) is 58.3 Å². The van der Waals surface area contributed by atoms with E-state index in [0.717, 1.165) is 0 Å². The molecule has 0 bridgehead atoms. The smallest absolute Gasteiger partial charge is 0.356 e. The molecule has 4 atom stereocenters. The van der Waals surface area contributed by atoms with E-state index >= 15 is 0 Å². The molecule has 0 spiro atoms. The second kappa shape index (κ2) is 6.60. The summed E-state index contributed by atoms with van der Waals surface area (Å²) in [7, 11) is -3.35. The molecular formula is C12H23O8P. The zero-order valence-corrected chi connectivity index (χ0v) is 13.6. The van der Waals surface area contributed by atoms with Crippen LogP contribution in [0.4, 0.5) is 0 Å². The Hall–Kier alpha value is -0.0500. The quantitative estimate of drug-likeness (QED) is 0.702. The molecule has 0 saturated carbocycles. The summed E-state index contributed by atoms with van der Waals surface area (Å²) in [5.74, 6) is -0.812. The fourth-order valence-corrected chi connectivity index (χ4v) is 3.61. The van der Waals surface area contributed by atoms with E-state index in [2.05, 4.69) is 0 Å². The van der Waals surface area contributed by atoms with Gasteiger partial charge in [-0.25, -0.2) is 0 Å². The van der Waals surface area contributed by atoms with E-state index in [1.807, 2.05) is 0 Å². The summed E-state index contributed by atoms with van der Waals surface area (Å²) < 4.78 is 44.3. The van der Waals surface area contributed by atoms with Crippen LogP contribution in [-0.4, -0.2) is 55.2 Å². The number of aliphatic hydroxyl groups is 1. The number of hydrogen-bond donors (Lipinski definition) is 1. The van der Waals surface area contributed by atoms with Gasteiger partial charge in [0.05, 0.1) is 13.2 Å². The van der Waals surface area contributed by atoms with E-state index in [1.165, 1.54) is 0 Å². The van der Waals surface area contributed by atoms with Crippen molar-refractivity contribution in [1.29, 1.82) is 0 Å². The average Bonchev–Trinajstić information content (AvgIpc) is 2.82. The highest BCUT2D eigenvalue weighted by molar-refractivity contribution is 7.53. The Bertz CT molecular complexity index is 391. The number of rotatable bonds is 7. The first-order chi connectivity index (χ1) is 9.80. The van der Waals surface area contributed by atoms with E-state index in [0.29, 0.717) is 0 Å². The van der Waals surface area contributed by atoms with Gasteiger partial charge in [-0.05, 0) is 27.7 Å². The van der Waals surface area contributed by atoms with Crippen molar-refractivity contribution in [3.8, 4) is 0 Å². The molecule has 2 heterocycles. The van der Waals surface area contributed by atoms with Gasteiger partial charge in [0.1, 0.15) is 12.2 Å². The molecule has 1 N–H and O–H groups in total. The van der Waals surface area contributed by atoms with Gasteiger partial charge in [0.15, 0.2) is 24.7 Å². The Morgan fingerprint density at radius 3 is 2.33 bits per heavy atom. The molecule has 0 aromatic heterocycles. The predicted octanol–water partition coefficient (Wildman–Crippen LogP) is 1.42. The molecule has 0 amide bonds. The SMILES string of the molecule is CCOP(=O)(CO[C@H]1O[C@H]2OC(C)(C)OC2[C@H]1O)OCC.